The number of carbonyl (C=O) groups is 1. The van der Waals surface area contributed by atoms with Crippen LogP contribution in [0, 0.1) is 22.7 Å². The van der Waals surface area contributed by atoms with Crippen molar-refractivity contribution in [3.63, 3.8) is 0 Å². The van der Waals surface area contributed by atoms with Crippen LogP contribution in [-0.4, -0.2) is 80.6 Å². The summed E-state index contributed by atoms with van der Waals surface area (Å²) in [6, 6.07) is 20.9. The van der Waals surface area contributed by atoms with Gasteiger partial charge < -0.3 is 39.2 Å². The molecule has 2 aliphatic heterocycles. The standard InChI is InChI=1S/C37H45N3O10S/c1-37(2,16-6-7-17-38)23-40(51(44,45)30-14-15-32-33(19-30)50-25-49-32)34(28-21-46-24-47-22-28)35(41)31(39-36(42)43)18-26-10-12-29(13-11-26)48-20-27-8-4-3-5-9-27/h3-5,8-15,19,28,31,34-35,39,41H,6-7,16,18,20-25H2,1-2H3,(H,42,43)/t31-,34?,35+/m0/s1. The van der Waals surface area contributed by atoms with Crippen LogP contribution in [0.1, 0.15) is 44.2 Å². The van der Waals surface area contributed by atoms with Crippen LogP contribution in [0.5, 0.6) is 17.2 Å². The van der Waals surface area contributed by atoms with Gasteiger partial charge in [-0.25, -0.2) is 13.2 Å². The highest BCUT2D eigenvalue weighted by Crippen LogP contribution is 2.38. The van der Waals surface area contributed by atoms with E-state index < -0.39 is 45.6 Å². The summed E-state index contributed by atoms with van der Waals surface area (Å²) in [5, 5.41) is 33.8. The van der Waals surface area contributed by atoms with Gasteiger partial charge in [0.1, 0.15) is 19.1 Å². The average Bonchev–Trinajstić information content (AvgIpc) is 3.60. The second kappa shape index (κ2) is 17.2. The van der Waals surface area contributed by atoms with Gasteiger partial charge in [0.15, 0.2) is 11.5 Å². The average molecular weight is 724 g/mol. The second-order valence-electron chi connectivity index (χ2n) is 13.5. The number of benzene rings is 3. The topological polar surface area (TPSA) is 177 Å². The van der Waals surface area contributed by atoms with E-state index in [9.17, 15) is 28.7 Å². The highest BCUT2D eigenvalue weighted by molar-refractivity contribution is 7.89. The van der Waals surface area contributed by atoms with Crippen molar-refractivity contribution < 1.29 is 47.1 Å². The van der Waals surface area contributed by atoms with Crippen molar-refractivity contribution in [1.29, 1.82) is 5.26 Å². The maximum Gasteiger partial charge on any atom is 0.404 e. The molecule has 1 fully saturated rings. The highest BCUT2D eigenvalue weighted by atomic mass is 32.2. The number of aliphatic hydroxyl groups excluding tert-OH is 1. The second-order valence-corrected chi connectivity index (χ2v) is 15.4. The van der Waals surface area contributed by atoms with Crippen molar-refractivity contribution in [3.05, 3.63) is 83.9 Å². The van der Waals surface area contributed by atoms with Gasteiger partial charge in [-0.2, -0.15) is 9.57 Å². The van der Waals surface area contributed by atoms with Gasteiger partial charge in [0.05, 0.1) is 42.4 Å². The third-order valence-electron chi connectivity index (χ3n) is 9.02. The van der Waals surface area contributed by atoms with Gasteiger partial charge in [0.2, 0.25) is 16.8 Å². The van der Waals surface area contributed by atoms with Crippen LogP contribution in [0.3, 0.4) is 0 Å². The summed E-state index contributed by atoms with van der Waals surface area (Å²) in [7, 11) is -4.38. The SMILES string of the molecule is CC(C)(CCCC#N)CN(C(C1COCOC1)[C@H](O)[C@H](Cc1ccc(OCc2ccccc2)cc1)NC(=O)O)S(=O)(=O)c1ccc2c(c1)OCO2. The molecule has 3 aromatic rings. The number of nitrogens with one attached hydrogen (secondary N) is 1. The summed E-state index contributed by atoms with van der Waals surface area (Å²) in [4.78, 5) is 12.1. The van der Waals surface area contributed by atoms with Crippen molar-refractivity contribution in [3.8, 4) is 23.3 Å². The molecule has 2 aliphatic rings. The fourth-order valence-electron chi connectivity index (χ4n) is 6.43. The van der Waals surface area contributed by atoms with Gasteiger partial charge in [-0.3, -0.25) is 0 Å². The molecule has 5 rings (SSSR count). The minimum Gasteiger partial charge on any atom is -0.489 e. The fraction of sp³-hybridized carbons (Fsp3) is 0.459. The molecule has 0 aliphatic carbocycles. The van der Waals surface area contributed by atoms with Crippen molar-refractivity contribution >= 4 is 16.1 Å². The van der Waals surface area contributed by atoms with Crippen LogP contribution in [0.15, 0.2) is 77.7 Å². The molecule has 3 aromatic carbocycles. The number of sulfonamides is 1. The number of nitrogens with zero attached hydrogens (tertiary/aromatic N) is 2. The molecule has 0 bridgehead atoms. The summed E-state index contributed by atoms with van der Waals surface area (Å²) in [5.74, 6) is 0.622. The number of amides is 1. The lowest BCUT2D eigenvalue weighted by Gasteiger charge is -2.44. The molecule has 1 amide bonds. The van der Waals surface area contributed by atoms with Gasteiger partial charge in [-0.15, -0.1) is 0 Å². The molecule has 274 valence electrons. The third kappa shape index (κ3) is 10.1. The van der Waals surface area contributed by atoms with Crippen LogP contribution in [-0.2, 0) is 32.5 Å². The van der Waals surface area contributed by atoms with E-state index in [-0.39, 0.29) is 50.4 Å². The Bertz CT molecular complexity index is 1740. The Labute approximate surface area is 298 Å². The molecule has 3 atom stereocenters. The van der Waals surface area contributed by atoms with E-state index >= 15 is 0 Å². The van der Waals surface area contributed by atoms with Crippen molar-refractivity contribution in [1.82, 2.24) is 9.62 Å². The molecule has 1 saturated heterocycles. The number of hydrogen-bond donors (Lipinski definition) is 3. The molecule has 0 spiro atoms. The van der Waals surface area contributed by atoms with Gasteiger partial charge in [-0.1, -0.05) is 56.3 Å². The van der Waals surface area contributed by atoms with Gasteiger partial charge in [0, 0.05) is 24.9 Å². The molecular weight excluding hydrogens is 678 g/mol. The maximum absolute atomic E-state index is 14.8. The number of nitriles is 1. The Hall–Kier alpha value is -4.39. The summed E-state index contributed by atoms with van der Waals surface area (Å²) in [6.07, 6.45) is -1.53. The quantitative estimate of drug-likeness (QED) is 0.161. The summed E-state index contributed by atoms with van der Waals surface area (Å²) in [6.45, 7) is 4.21. The molecule has 14 heteroatoms. The largest absolute Gasteiger partial charge is 0.489 e. The summed E-state index contributed by atoms with van der Waals surface area (Å²) < 4.78 is 58.8. The lowest BCUT2D eigenvalue weighted by molar-refractivity contribution is -0.149. The molecule has 0 radical (unpaired) electrons. The van der Waals surface area contributed by atoms with Crippen molar-refractivity contribution in [2.75, 3.05) is 33.3 Å². The Kier molecular flexibility index (Phi) is 12.8. The third-order valence-corrected chi connectivity index (χ3v) is 10.9. The van der Waals surface area contributed by atoms with Crippen LogP contribution >= 0.6 is 0 Å². The minimum absolute atomic E-state index is 0.00335. The number of hydrogen-bond acceptors (Lipinski definition) is 10. The lowest BCUT2D eigenvalue weighted by atomic mass is 9.84. The first-order chi connectivity index (χ1) is 24.5. The number of ether oxygens (including phenoxy) is 5. The molecule has 1 unspecified atom stereocenters. The van der Waals surface area contributed by atoms with Crippen LogP contribution in [0.2, 0.25) is 0 Å². The Morgan fingerprint density at radius 3 is 2.41 bits per heavy atom. The number of carboxylic acid groups (broad SMARTS) is 1. The normalized spacial score (nSPS) is 16.6. The molecule has 13 nitrogen and oxygen atoms in total. The van der Waals surface area contributed by atoms with E-state index in [0.29, 0.717) is 42.9 Å². The van der Waals surface area contributed by atoms with Crippen molar-refractivity contribution in [2.45, 2.75) is 69.2 Å². The Balaban J connectivity index is 1.49. The first-order valence-electron chi connectivity index (χ1n) is 16.8. The zero-order valence-electron chi connectivity index (χ0n) is 28.8. The van der Waals surface area contributed by atoms with E-state index in [0.717, 1.165) is 5.56 Å². The predicted octanol–water partition coefficient (Wildman–Crippen LogP) is 4.93. The number of rotatable bonds is 17. The Morgan fingerprint density at radius 2 is 1.73 bits per heavy atom. The fourth-order valence-corrected chi connectivity index (χ4v) is 8.33. The van der Waals surface area contributed by atoms with Gasteiger partial charge in [-0.05, 0) is 60.1 Å². The lowest BCUT2D eigenvalue weighted by Crippen LogP contribution is -2.61. The molecule has 0 saturated carbocycles. The van der Waals surface area contributed by atoms with Crippen LogP contribution < -0.4 is 19.5 Å². The van der Waals surface area contributed by atoms with E-state index in [1.54, 1.807) is 24.3 Å². The van der Waals surface area contributed by atoms with Gasteiger partial charge in [0.25, 0.3) is 0 Å². The van der Waals surface area contributed by atoms with E-state index in [1.807, 2.05) is 44.2 Å². The zero-order chi connectivity index (χ0) is 36.4. The van der Waals surface area contributed by atoms with E-state index in [4.69, 9.17) is 23.7 Å². The van der Waals surface area contributed by atoms with Crippen LogP contribution in [0.25, 0.3) is 0 Å². The Morgan fingerprint density at radius 1 is 1.02 bits per heavy atom. The van der Waals surface area contributed by atoms with Gasteiger partial charge >= 0.3 is 6.09 Å². The van der Waals surface area contributed by atoms with E-state index in [2.05, 4.69) is 11.4 Å². The van der Waals surface area contributed by atoms with Crippen LogP contribution in [0.4, 0.5) is 4.79 Å². The first kappa shape index (κ1) is 37.9. The molecular formula is C37H45N3O10S. The smallest absolute Gasteiger partial charge is 0.404 e. The predicted molar refractivity (Wildman–Crippen MR) is 186 cm³/mol. The number of fused-ring (bicyclic) bond motifs is 1. The zero-order valence-corrected chi connectivity index (χ0v) is 29.6. The molecule has 2 heterocycles. The minimum atomic E-state index is -4.38. The highest BCUT2D eigenvalue weighted by Gasteiger charge is 2.46. The van der Waals surface area contributed by atoms with Crippen molar-refractivity contribution in [2.24, 2.45) is 11.3 Å². The summed E-state index contributed by atoms with van der Waals surface area (Å²) >= 11 is 0. The monoisotopic (exact) mass is 723 g/mol. The molecule has 0 aromatic heterocycles. The number of unbranched alkanes of at least 4 members (excludes halogenated alkanes) is 1. The first-order valence-corrected chi connectivity index (χ1v) is 18.3. The number of aliphatic hydroxyl groups is 1. The molecule has 3 N–H and O–H groups in total. The van der Waals surface area contributed by atoms with E-state index in [1.165, 1.54) is 22.5 Å². The molecule has 51 heavy (non-hydrogen) atoms. The summed E-state index contributed by atoms with van der Waals surface area (Å²) in [5.41, 5.74) is 1.04. The maximum atomic E-state index is 14.8.